The van der Waals surface area contributed by atoms with Crippen LogP contribution in [0.4, 0.5) is 5.69 Å². The van der Waals surface area contributed by atoms with E-state index in [2.05, 4.69) is 10.3 Å². The summed E-state index contributed by atoms with van der Waals surface area (Å²) in [4.78, 5) is 4.54. The molecule has 0 aliphatic heterocycles. The second-order valence-electron chi connectivity index (χ2n) is 5.51. The molecule has 2 fully saturated rings. The number of anilines is 1. The van der Waals surface area contributed by atoms with Crippen molar-refractivity contribution in [3.05, 3.63) is 18.2 Å². The Balaban J connectivity index is 1.68. The molecule has 2 aliphatic rings. The van der Waals surface area contributed by atoms with E-state index in [4.69, 9.17) is 15.2 Å². The Morgan fingerprint density at radius 3 is 2.75 bits per heavy atom. The molecule has 0 spiro atoms. The van der Waals surface area contributed by atoms with Crippen LogP contribution in [0.3, 0.4) is 0 Å². The summed E-state index contributed by atoms with van der Waals surface area (Å²) in [5.74, 6) is 3.59. The minimum absolute atomic E-state index is 0.409. The molecule has 0 heterocycles. The summed E-state index contributed by atoms with van der Waals surface area (Å²) in [5, 5.41) is 3.11. The van der Waals surface area contributed by atoms with Crippen molar-refractivity contribution in [2.24, 2.45) is 22.6 Å². The first kappa shape index (κ1) is 13.1. The maximum absolute atomic E-state index is 5.99. The minimum atomic E-state index is 0.409. The third-order valence-electron chi connectivity index (χ3n) is 4.01. The van der Waals surface area contributed by atoms with Crippen LogP contribution in [0.1, 0.15) is 19.3 Å². The lowest BCUT2D eigenvalue weighted by molar-refractivity contribution is 0.405. The fraction of sp³-hybridized carbons (Fsp3) is 0.533. The van der Waals surface area contributed by atoms with E-state index in [1.807, 2.05) is 18.2 Å². The highest BCUT2D eigenvalue weighted by atomic mass is 16.5. The number of aliphatic imine (C=N–C) groups is 1. The summed E-state index contributed by atoms with van der Waals surface area (Å²) in [7, 11) is 3.26. The summed E-state index contributed by atoms with van der Waals surface area (Å²) >= 11 is 0. The molecule has 0 aromatic heterocycles. The van der Waals surface area contributed by atoms with E-state index in [1.54, 1.807) is 14.2 Å². The number of nitrogens with one attached hydrogen (secondary N) is 1. The lowest BCUT2D eigenvalue weighted by Gasteiger charge is -2.12. The SMILES string of the molecule is COc1ccc(OC)c(NC(N)=N[C@@H]2C[C@H]2C2CC2)c1. The summed E-state index contributed by atoms with van der Waals surface area (Å²) in [5.41, 5.74) is 6.76. The van der Waals surface area contributed by atoms with E-state index < -0.39 is 0 Å². The first-order chi connectivity index (χ1) is 9.71. The molecule has 2 aliphatic carbocycles. The van der Waals surface area contributed by atoms with Crippen molar-refractivity contribution >= 4 is 11.6 Å². The number of methoxy groups -OCH3 is 2. The second-order valence-corrected chi connectivity index (χ2v) is 5.51. The molecule has 5 heteroatoms. The molecule has 1 aromatic rings. The number of guanidine groups is 1. The summed E-state index contributed by atoms with van der Waals surface area (Å²) in [6.07, 6.45) is 3.92. The predicted octanol–water partition coefficient (Wildman–Crippen LogP) is 2.23. The van der Waals surface area contributed by atoms with Crippen molar-refractivity contribution in [2.45, 2.75) is 25.3 Å². The molecule has 0 radical (unpaired) electrons. The van der Waals surface area contributed by atoms with Crippen molar-refractivity contribution in [1.29, 1.82) is 0 Å². The highest BCUT2D eigenvalue weighted by Crippen LogP contribution is 2.51. The monoisotopic (exact) mass is 275 g/mol. The number of hydrogen-bond acceptors (Lipinski definition) is 3. The zero-order valence-corrected chi connectivity index (χ0v) is 11.9. The minimum Gasteiger partial charge on any atom is -0.497 e. The van der Waals surface area contributed by atoms with Gasteiger partial charge in [0.25, 0.3) is 0 Å². The fourth-order valence-corrected chi connectivity index (χ4v) is 2.64. The van der Waals surface area contributed by atoms with Gasteiger partial charge in [-0.1, -0.05) is 0 Å². The van der Waals surface area contributed by atoms with Crippen LogP contribution in [-0.2, 0) is 0 Å². The molecular formula is C15H21N3O2. The van der Waals surface area contributed by atoms with Crippen molar-refractivity contribution in [3.63, 3.8) is 0 Å². The van der Waals surface area contributed by atoms with Crippen molar-refractivity contribution in [2.75, 3.05) is 19.5 Å². The molecule has 5 nitrogen and oxygen atoms in total. The Morgan fingerprint density at radius 1 is 1.30 bits per heavy atom. The van der Waals surface area contributed by atoms with Gasteiger partial charge in [-0.15, -0.1) is 0 Å². The van der Waals surface area contributed by atoms with Crippen LogP contribution in [0.15, 0.2) is 23.2 Å². The number of hydrogen-bond donors (Lipinski definition) is 2. The smallest absolute Gasteiger partial charge is 0.193 e. The van der Waals surface area contributed by atoms with E-state index in [0.717, 1.165) is 29.0 Å². The van der Waals surface area contributed by atoms with Gasteiger partial charge >= 0.3 is 0 Å². The molecule has 0 amide bonds. The van der Waals surface area contributed by atoms with Crippen molar-refractivity contribution < 1.29 is 9.47 Å². The first-order valence-electron chi connectivity index (χ1n) is 7.03. The molecular weight excluding hydrogens is 254 g/mol. The van der Waals surface area contributed by atoms with Gasteiger partial charge in [-0.3, -0.25) is 0 Å². The summed E-state index contributed by atoms with van der Waals surface area (Å²) in [6, 6.07) is 5.96. The normalized spacial score (nSPS) is 25.2. The highest BCUT2D eigenvalue weighted by molar-refractivity contribution is 5.94. The Morgan fingerprint density at radius 2 is 2.10 bits per heavy atom. The van der Waals surface area contributed by atoms with Gasteiger partial charge in [0.15, 0.2) is 5.96 Å². The molecule has 0 bridgehead atoms. The van der Waals surface area contributed by atoms with Crippen molar-refractivity contribution in [3.8, 4) is 11.5 Å². The third kappa shape index (κ3) is 2.81. The topological polar surface area (TPSA) is 68.9 Å². The van der Waals surface area contributed by atoms with E-state index in [1.165, 1.54) is 19.3 Å². The van der Waals surface area contributed by atoms with Gasteiger partial charge in [0, 0.05) is 6.07 Å². The molecule has 0 saturated heterocycles. The lowest BCUT2D eigenvalue weighted by Crippen LogP contribution is -2.23. The van der Waals surface area contributed by atoms with Gasteiger partial charge in [0.05, 0.1) is 25.9 Å². The maximum Gasteiger partial charge on any atom is 0.193 e. The molecule has 3 N–H and O–H groups in total. The molecule has 3 rings (SSSR count). The number of benzene rings is 1. The largest absolute Gasteiger partial charge is 0.497 e. The predicted molar refractivity (Wildman–Crippen MR) is 79.4 cm³/mol. The van der Waals surface area contributed by atoms with Gasteiger partial charge < -0.3 is 20.5 Å². The number of rotatable bonds is 5. The van der Waals surface area contributed by atoms with Crippen molar-refractivity contribution in [1.82, 2.24) is 0 Å². The van der Waals surface area contributed by atoms with E-state index in [0.29, 0.717) is 12.0 Å². The first-order valence-corrected chi connectivity index (χ1v) is 7.03. The standard InChI is InChI=1S/C15H21N3O2/c1-19-10-5-6-14(20-2)13(7-10)18-15(16)17-12-8-11(12)9-3-4-9/h5-7,9,11-12H,3-4,8H2,1-2H3,(H3,16,17,18)/t11-,12+/m0/s1. The maximum atomic E-state index is 5.99. The van der Waals surface area contributed by atoms with Gasteiger partial charge in [0.1, 0.15) is 11.5 Å². The van der Waals surface area contributed by atoms with E-state index in [-0.39, 0.29) is 0 Å². The van der Waals surface area contributed by atoms with Gasteiger partial charge in [-0.25, -0.2) is 4.99 Å². The van der Waals surface area contributed by atoms with Crippen LogP contribution >= 0.6 is 0 Å². The zero-order chi connectivity index (χ0) is 14.1. The van der Waals surface area contributed by atoms with Crippen LogP contribution in [-0.4, -0.2) is 26.2 Å². The van der Waals surface area contributed by atoms with Crippen LogP contribution in [0.25, 0.3) is 0 Å². The van der Waals surface area contributed by atoms with Crippen LogP contribution < -0.4 is 20.5 Å². The lowest BCUT2D eigenvalue weighted by atomic mass is 10.2. The number of nitrogens with zero attached hydrogens (tertiary/aromatic N) is 1. The Labute approximate surface area is 119 Å². The fourth-order valence-electron chi connectivity index (χ4n) is 2.64. The molecule has 2 saturated carbocycles. The highest BCUT2D eigenvalue weighted by Gasteiger charge is 2.47. The number of nitrogens with two attached hydrogens (primary N) is 1. The average molecular weight is 275 g/mol. The van der Waals surface area contributed by atoms with Gasteiger partial charge in [-0.05, 0) is 43.2 Å². The van der Waals surface area contributed by atoms with Crippen LogP contribution in [0.2, 0.25) is 0 Å². The average Bonchev–Trinajstić information content (AvgIpc) is 3.31. The van der Waals surface area contributed by atoms with E-state index >= 15 is 0 Å². The molecule has 108 valence electrons. The third-order valence-corrected chi connectivity index (χ3v) is 4.01. The van der Waals surface area contributed by atoms with Crippen LogP contribution in [0, 0.1) is 11.8 Å². The van der Waals surface area contributed by atoms with E-state index in [9.17, 15) is 0 Å². The molecule has 2 atom stereocenters. The summed E-state index contributed by atoms with van der Waals surface area (Å²) < 4.78 is 10.5. The zero-order valence-electron chi connectivity index (χ0n) is 11.9. The van der Waals surface area contributed by atoms with Gasteiger partial charge in [-0.2, -0.15) is 0 Å². The second kappa shape index (κ2) is 5.23. The van der Waals surface area contributed by atoms with Gasteiger partial charge in [0.2, 0.25) is 0 Å². The summed E-state index contributed by atoms with van der Waals surface area (Å²) in [6.45, 7) is 0. The number of ether oxygens (including phenoxy) is 2. The molecule has 0 unspecified atom stereocenters. The quantitative estimate of drug-likeness (QED) is 0.638. The Bertz CT molecular complexity index is 526. The Kier molecular flexibility index (Phi) is 3.42. The van der Waals surface area contributed by atoms with Crippen LogP contribution in [0.5, 0.6) is 11.5 Å². The molecule has 1 aromatic carbocycles. The Hall–Kier alpha value is -1.91. The molecule has 20 heavy (non-hydrogen) atoms.